The summed E-state index contributed by atoms with van der Waals surface area (Å²) >= 11 is 0. The van der Waals surface area contributed by atoms with E-state index in [2.05, 4.69) is 19.9 Å². The molecule has 0 bridgehead atoms. The lowest BCUT2D eigenvalue weighted by atomic mass is 10.1. The second kappa shape index (κ2) is 7.30. The Morgan fingerprint density at radius 3 is 2.33 bits per heavy atom. The number of hydrogen-bond donors (Lipinski definition) is 0. The third-order valence-electron chi connectivity index (χ3n) is 6.59. The summed E-state index contributed by atoms with van der Waals surface area (Å²) in [6.45, 7) is 8.10. The molecule has 3 aromatic heterocycles. The summed E-state index contributed by atoms with van der Waals surface area (Å²) in [7, 11) is 1.61. The second-order valence-corrected chi connectivity index (χ2v) is 8.50. The highest BCUT2D eigenvalue weighted by molar-refractivity contribution is 5.77. The number of rotatable bonds is 3. The topological polar surface area (TPSA) is 66.2 Å². The molecule has 0 saturated heterocycles. The van der Waals surface area contributed by atoms with Gasteiger partial charge < -0.3 is 0 Å². The summed E-state index contributed by atoms with van der Waals surface area (Å²) in [5.41, 5.74) is 5.54. The molecule has 5 rings (SSSR count). The number of nitrogens with zero attached hydrogens (tertiary/aromatic N) is 5. The molecule has 0 aliphatic rings. The summed E-state index contributed by atoms with van der Waals surface area (Å²) in [6.07, 6.45) is 0. The first-order valence-electron chi connectivity index (χ1n) is 10.7. The Morgan fingerprint density at radius 2 is 1.64 bits per heavy atom. The maximum atomic E-state index is 13.6. The van der Waals surface area contributed by atoms with Gasteiger partial charge in [-0.15, -0.1) is 0 Å². The maximum absolute atomic E-state index is 13.6. The van der Waals surface area contributed by atoms with E-state index in [1.54, 1.807) is 19.2 Å². The average Bonchev–Trinajstić information content (AvgIpc) is 3.29. The van der Waals surface area contributed by atoms with Gasteiger partial charge in [0.1, 0.15) is 5.82 Å². The Bertz CT molecular complexity index is 1680. The Balaban J connectivity index is 1.85. The molecule has 0 N–H and O–H groups in total. The quantitative estimate of drug-likeness (QED) is 0.427. The number of hydrogen-bond acceptors (Lipinski definition) is 3. The van der Waals surface area contributed by atoms with Gasteiger partial charge in [0.2, 0.25) is 5.78 Å². The molecule has 3 heterocycles. The van der Waals surface area contributed by atoms with Crippen molar-refractivity contribution in [2.45, 2.75) is 34.2 Å². The third kappa shape index (κ3) is 2.97. The van der Waals surface area contributed by atoms with Crippen LogP contribution in [-0.2, 0) is 13.6 Å². The minimum Gasteiger partial charge on any atom is -0.282 e. The first-order chi connectivity index (χ1) is 15.7. The van der Waals surface area contributed by atoms with E-state index >= 15 is 0 Å². The van der Waals surface area contributed by atoms with Crippen molar-refractivity contribution in [2.24, 2.45) is 7.05 Å². The van der Waals surface area contributed by atoms with E-state index in [0.29, 0.717) is 22.5 Å². The number of aryl methyl sites for hydroxylation is 3. The van der Waals surface area contributed by atoms with Crippen molar-refractivity contribution in [3.8, 4) is 5.69 Å². The first kappa shape index (κ1) is 20.9. The maximum Gasteiger partial charge on any atom is 0.332 e. The summed E-state index contributed by atoms with van der Waals surface area (Å²) in [5.74, 6) is 0.214. The molecule has 0 aliphatic heterocycles. The highest BCUT2D eigenvalue weighted by Gasteiger charge is 2.24. The molecular weight excluding hydrogens is 421 g/mol. The molecule has 0 saturated carbocycles. The van der Waals surface area contributed by atoms with Gasteiger partial charge in [0.05, 0.1) is 12.2 Å². The Kier molecular flexibility index (Phi) is 4.63. The Morgan fingerprint density at radius 1 is 0.939 bits per heavy atom. The fourth-order valence-electron chi connectivity index (χ4n) is 4.43. The van der Waals surface area contributed by atoms with Crippen LogP contribution in [0, 0.1) is 33.5 Å². The molecule has 168 valence electrons. The predicted molar refractivity (Wildman–Crippen MR) is 126 cm³/mol. The number of halogens is 1. The molecule has 0 amide bonds. The van der Waals surface area contributed by atoms with Crippen LogP contribution in [0.25, 0.3) is 22.6 Å². The zero-order valence-corrected chi connectivity index (χ0v) is 19.2. The molecule has 0 atom stereocenters. The first-order valence-corrected chi connectivity index (χ1v) is 10.7. The van der Waals surface area contributed by atoms with Crippen LogP contribution in [0.5, 0.6) is 0 Å². The van der Waals surface area contributed by atoms with Crippen molar-refractivity contribution in [3.05, 3.63) is 97.2 Å². The lowest BCUT2D eigenvalue weighted by Gasteiger charge is -2.12. The van der Waals surface area contributed by atoms with E-state index in [9.17, 15) is 14.0 Å². The van der Waals surface area contributed by atoms with Gasteiger partial charge in [-0.2, -0.15) is 4.98 Å². The highest BCUT2D eigenvalue weighted by atomic mass is 19.1. The van der Waals surface area contributed by atoms with Crippen LogP contribution < -0.4 is 11.2 Å². The molecule has 0 unspecified atom stereocenters. The van der Waals surface area contributed by atoms with Gasteiger partial charge in [0.15, 0.2) is 11.2 Å². The largest absolute Gasteiger partial charge is 0.332 e. The fourth-order valence-corrected chi connectivity index (χ4v) is 4.43. The lowest BCUT2D eigenvalue weighted by Crippen LogP contribution is -2.39. The molecule has 7 nitrogen and oxygen atoms in total. The van der Waals surface area contributed by atoms with E-state index in [0.717, 1.165) is 28.2 Å². The van der Waals surface area contributed by atoms with E-state index in [4.69, 9.17) is 4.98 Å². The van der Waals surface area contributed by atoms with Crippen LogP contribution in [0.1, 0.15) is 28.1 Å². The van der Waals surface area contributed by atoms with Crippen LogP contribution in [0.3, 0.4) is 0 Å². The Labute approximate surface area is 189 Å². The van der Waals surface area contributed by atoms with Crippen molar-refractivity contribution in [1.29, 1.82) is 0 Å². The van der Waals surface area contributed by atoms with E-state index in [-0.39, 0.29) is 12.4 Å². The van der Waals surface area contributed by atoms with Crippen molar-refractivity contribution < 1.29 is 4.39 Å². The van der Waals surface area contributed by atoms with Crippen molar-refractivity contribution >= 4 is 16.9 Å². The van der Waals surface area contributed by atoms with Crippen LogP contribution in [0.4, 0.5) is 4.39 Å². The van der Waals surface area contributed by atoms with E-state index < -0.39 is 11.2 Å². The molecule has 0 aliphatic carbocycles. The zero-order chi connectivity index (χ0) is 23.6. The normalized spacial score (nSPS) is 11.7. The van der Waals surface area contributed by atoms with E-state index in [1.165, 1.54) is 21.3 Å². The van der Waals surface area contributed by atoms with Crippen molar-refractivity contribution in [1.82, 2.24) is 23.1 Å². The van der Waals surface area contributed by atoms with Crippen LogP contribution in [-0.4, -0.2) is 23.1 Å². The smallest absolute Gasteiger partial charge is 0.282 e. The van der Waals surface area contributed by atoms with Crippen LogP contribution in [0.2, 0.25) is 0 Å². The monoisotopic (exact) mass is 445 g/mol. The molecule has 33 heavy (non-hydrogen) atoms. The van der Waals surface area contributed by atoms with Crippen molar-refractivity contribution in [3.63, 3.8) is 0 Å². The van der Waals surface area contributed by atoms with Gasteiger partial charge in [-0.25, -0.2) is 9.18 Å². The summed E-state index contributed by atoms with van der Waals surface area (Å²) in [5, 5.41) is 0. The van der Waals surface area contributed by atoms with Gasteiger partial charge >= 0.3 is 5.69 Å². The predicted octanol–water partition coefficient (Wildman–Crippen LogP) is 3.56. The molecule has 0 spiro atoms. The van der Waals surface area contributed by atoms with Gasteiger partial charge in [-0.1, -0.05) is 24.3 Å². The third-order valence-corrected chi connectivity index (χ3v) is 6.59. The van der Waals surface area contributed by atoms with Gasteiger partial charge in [-0.3, -0.25) is 22.9 Å². The summed E-state index contributed by atoms with van der Waals surface area (Å²) in [6, 6.07) is 11.9. The van der Waals surface area contributed by atoms with Crippen LogP contribution in [0.15, 0.2) is 52.1 Å². The zero-order valence-electron chi connectivity index (χ0n) is 19.2. The molecule has 8 heteroatoms. The molecule has 0 fully saturated rings. The van der Waals surface area contributed by atoms with Gasteiger partial charge in [0.25, 0.3) is 5.56 Å². The minimum absolute atomic E-state index is 0.0463. The van der Waals surface area contributed by atoms with Crippen LogP contribution >= 0.6 is 0 Å². The highest BCUT2D eigenvalue weighted by Crippen LogP contribution is 2.27. The molecular formula is C25H24FN5O2. The van der Waals surface area contributed by atoms with Gasteiger partial charge in [0, 0.05) is 18.4 Å². The number of imidazole rings is 2. The van der Waals surface area contributed by atoms with Gasteiger partial charge in [-0.05, 0) is 62.6 Å². The number of benzene rings is 2. The minimum atomic E-state index is -0.467. The molecule has 0 radical (unpaired) electrons. The van der Waals surface area contributed by atoms with E-state index in [1.807, 2.05) is 34.9 Å². The van der Waals surface area contributed by atoms with Crippen molar-refractivity contribution in [2.75, 3.05) is 0 Å². The average molecular weight is 445 g/mol. The second-order valence-electron chi connectivity index (χ2n) is 8.50. The summed E-state index contributed by atoms with van der Waals surface area (Å²) < 4.78 is 19.8. The lowest BCUT2D eigenvalue weighted by molar-refractivity contribution is 0.623. The molecule has 2 aromatic carbocycles. The molecule has 5 aromatic rings. The number of fused-ring (bicyclic) bond motifs is 3. The SMILES string of the molecule is Cc1cccc(-n2c(C)c(C)n3c4c(=O)n(Cc5ccc(F)cc5)c(=O)n(C)c4nc23)c1C. The fraction of sp³-hybridized carbons (Fsp3) is 0.240. The standard InChI is InChI=1S/C25H24FN5O2/c1-14-7-6-8-20(15(14)2)30-16(3)17(4)31-21-22(27-24(30)31)28(5)25(33)29(23(21)32)13-18-9-11-19(26)12-10-18/h6-12H,13H2,1-5H3. The number of aromatic nitrogens is 5. The Hall–Kier alpha value is -3.94. The summed E-state index contributed by atoms with van der Waals surface area (Å²) in [4.78, 5) is 31.4.